The fraction of sp³-hybridized carbons (Fsp3) is 0.667. The monoisotopic (exact) mass is 417 g/mol. The van der Waals surface area contributed by atoms with Gasteiger partial charge in [-0.25, -0.2) is 4.39 Å². The van der Waals surface area contributed by atoms with Crippen LogP contribution in [-0.4, -0.2) is 24.5 Å². The Morgan fingerprint density at radius 1 is 1.23 bits per heavy atom. The first-order chi connectivity index (χ1) is 10.6. The van der Waals surface area contributed by atoms with E-state index in [0.29, 0.717) is 17.2 Å². The van der Waals surface area contributed by atoms with E-state index in [-0.39, 0.29) is 5.82 Å². The maximum Gasteiger partial charge on any atom is 0.192 e. The zero-order valence-corrected chi connectivity index (χ0v) is 15.4. The molecule has 1 aliphatic carbocycles. The molecule has 122 valence electrons. The number of likely N-dealkylation sites (N-methyl/N-ethyl adjacent to an activating group) is 1. The van der Waals surface area contributed by atoms with Gasteiger partial charge in [0, 0.05) is 18.7 Å². The van der Waals surface area contributed by atoms with Gasteiger partial charge in [0.2, 0.25) is 0 Å². The van der Waals surface area contributed by atoms with E-state index in [9.17, 15) is 4.39 Å². The van der Waals surface area contributed by atoms with Gasteiger partial charge in [-0.2, -0.15) is 0 Å². The second kappa shape index (κ2) is 7.04. The zero-order chi connectivity index (χ0) is 15.6. The maximum atomic E-state index is 13.7. The van der Waals surface area contributed by atoms with Gasteiger partial charge in [-0.1, -0.05) is 19.3 Å². The summed E-state index contributed by atoms with van der Waals surface area (Å²) in [4.78, 5) is 2.52. The molecule has 1 saturated heterocycles. The van der Waals surface area contributed by atoms with E-state index in [1.165, 1.54) is 57.6 Å². The van der Waals surface area contributed by atoms with Crippen molar-refractivity contribution in [3.05, 3.63) is 29.6 Å². The number of hydrogen-bond donors (Lipinski definition) is 0. The van der Waals surface area contributed by atoms with Crippen molar-refractivity contribution in [3.8, 4) is 5.75 Å². The SMILES string of the molecule is CN1CC2(CCCCC2)CCC1Cc1cc(F)cc(OI)c1. The number of piperidine rings is 1. The normalized spacial score (nSPS) is 25.3. The molecule has 0 amide bonds. The molecule has 0 radical (unpaired) electrons. The molecule has 1 atom stereocenters. The van der Waals surface area contributed by atoms with Gasteiger partial charge in [0.15, 0.2) is 23.0 Å². The minimum atomic E-state index is -0.202. The van der Waals surface area contributed by atoms with E-state index in [4.69, 9.17) is 3.07 Å². The predicted molar refractivity (Wildman–Crippen MR) is 95.9 cm³/mol. The molecule has 22 heavy (non-hydrogen) atoms. The van der Waals surface area contributed by atoms with Gasteiger partial charge in [0.25, 0.3) is 0 Å². The summed E-state index contributed by atoms with van der Waals surface area (Å²) in [7, 11) is 2.25. The van der Waals surface area contributed by atoms with Crippen LogP contribution in [0.2, 0.25) is 0 Å². The molecule has 1 saturated carbocycles. The Labute approximate surface area is 147 Å². The Morgan fingerprint density at radius 2 is 2.00 bits per heavy atom. The summed E-state index contributed by atoms with van der Waals surface area (Å²) in [5.74, 6) is 0.407. The van der Waals surface area contributed by atoms with Crippen LogP contribution in [0.15, 0.2) is 18.2 Å². The van der Waals surface area contributed by atoms with E-state index in [1.807, 2.05) is 29.1 Å². The van der Waals surface area contributed by atoms with Crippen LogP contribution >= 0.6 is 23.0 Å². The van der Waals surface area contributed by atoms with Crippen LogP contribution in [0.4, 0.5) is 4.39 Å². The van der Waals surface area contributed by atoms with Crippen LogP contribution < -0.4 is 3.07 Å². The number of nitrogens with zero attached hydrogens (tertiary/aromatic N) is 1. The Bertz CT molecular complexity index is 516. The Morgan fingerprint density at radius 3 is 2.68 bits per heavy atom. The summed E-state index contributed by atoms with van der Waals surface area (Å²) >= 11 is 1.81. The number of hydrogen-bond acceptors (Lipinski definition) is 2. The van der Waals surface area contributed by atoms with Crippen molar-refractivity contribution in [2.75, 3.05) is 13.6 Å². The van der Waals surface area contributed by atoms with Gasteiger partial charge in [0.05, 0.1) is 0 Å². The molecule has 4 heteroatoms. The third-order valence-electron chi connectivity index (χ3n) is 5.62. The molecule has 1 aromatic carbocycles. The quantitative estimate of drug-likeness (QED) is 0.632. The lowest BCUT2D eigenvalue weighted by Gasteiger charge is -2.48. The second-order valence-electron chi connectivity index (χ2n) is 7.24. The molecule has 0 N–H and O–H groups in total. The van der Waals surface area contributed by atoms with E-state index in [2.05, 4.69) is 11.9 Å². The highest BCUT2D eigenvalue weighted by molar-refractivity contribution is 14.1. The average Bonchev–Trinajstić information content (AvgIpc) is 2.50. The Balaban J connectivity index is 1.65. The Kier molecular flexibility index (Phi) is 5.28. The number of rotatable bonds is 3. The van der Waals surface area contributed by atoms with Crippen molar-refractivity contribution in [1.82, 2.24) is 4.90 Å². The molecule has 2 fully saturated rings. The average molecular weight is 417 g/mol. The summed E-state index contributed by atoms with van der Waals surface area (Å²) in [5.41, 5.74) is 1.62. The van der Waals surface area contributed by atoms with Crippen molar-refractivity contribution < 1.29 is 7.46 Å². The molecule has 1 aromatic rings. The second-order valence-corrected chi connectivity index (χ2v) is 7.69. The summed E-state index contributed by atoms with van der Waals surface area (Å²) in [6, 6.07) is 5.58. The molecular formula is C18H25FINO. The van der Waals surface area contributed by atoms with Gasteiger partial charge in [0.1, 0.15) is 11.6 Å². The number of benzene rings is 1. The lowest BCUT2D eigenvalue weighted by molar-refractivity contribution is 0.0326. The highest BCUT2D eigenvalue weighted by atomic mass is 127. The van der Waals surface area contributed by atoms with Crippen molar-refractivity contribution in [3.63, 3.8) is 0 Å². The summed E-state index contributed by atoms with van der Waals surface area (Å²) in [6.07, 6.45) is 10.5. The molecule has 1 unspecified atom stereocenters. The van der Waals surface area contributed by atoms with Crippen LogP contribution in [-0.2, 0) is 6.42 Å². The molecular weight excluding hydrogens is 392 g/mol. The Hall–Kier alpha value is -0.360. The van der Waals surface area contributed by atoms with E-state index < -0.39 is 0 Å². The number of halogens is 2. The van der Waals surface area contributed by atoms with Gasteiger partial charge in [-0.15, -0.1) is 0 Å². The highest BCUT2D eigenvalue weighted by Crippen LogP contribution is 2.44. The van der Waals surface area contributed by atoms with Crippen molar-refractivity contribution in [1.29, 1.82) is 0 Å². The molecule has 2 aliphatic rings. The maximum absolute atomic E-state index is 13.7. The van der Waals surface area contributed by atoms with Crippen molar-refractivity contribution in [2.45, 2.75) is 57.4 Å². The topological polar surface area (TPSA) is 12.5 Å². The summed E-state index contributed by atoms with van der Waals surface area (Å²) in [5, 5.41) is 0. The van der Waals surface area contributed by atoms with Crippen molar-refractivity contribution in [2.24, 2.45) is 5.41 Å². The van der Waals surface area contributed by atoms with Crippen molar-refractivity contribution >= 4 is 23.0 Å². The first-order valence-corrected chi connectivity index (χ1v) is 9.27. The standard InChI is InChI=1S/C18H25FINO/c1-21-13-18(6-3-2-4-7-18)8-5-16(21)10-14-9-15(19)12-17(11-14)22-20/h9,11-12,16H,2-8,10,13H2,1H3. The van der Waals surface area contributed by atoms with Gasteiger partial charge >= 0.3 is 0 Å². The molecule has 3 rings (SSSR count). The van der Waals surface area contributed by atoms with Crippen LogP contribution in [0.25, 0.3) is 0 Å². The molecule has 0 aromatic heterocycles. The highest BCUT2D eigenvalue weighted by Gasteiger charge is 2.38. The lowest BCUT2D eigenvalue weighted by atomic mass is 9.68. The van der Waals surface area contributed by atoms with Crippen LogP contribution in [0.1, 0.15) is 50.5 Å². The number of likely N-dealkylation sites (tertiary alicyclic amines) is 1. The summed E-state index contributed by atoms with van der Waals surface area (Å²) < 4.78 is 18.8. The van der Waals surface area contributed by atoms with Crippen LogP contribution in [0, 0.1) is 11.2 Å². The van der Waals surface area contributed by atoms with Crippen LogP contribution in [0.3, 0.4) is 0 Å². The molecule has 1 heterocycles. The lowest BCUT2D eigenvalue weighted by Crippen LogP contribution is -2.48. The minimum Gasteiger partial charge on any atom is -0.428 e. The third kappa shape index (κ3) is 3.75. The predicted octanol–water partition coefficient (Wildman–Crippen LogP) is 5.14. The zero-order valence-electron chi connectivity index (χ0n) is 13.3. The first kappa shape index (κ1) is 16.5. The molecule has 0 bridgehead atoms. The summed E-state index contributed by atoms with van der Waals surface area (Å²) in [6.45, 7) is 1.21. The largest absolute Gasteiger partial charge is 0.428 e. The smallest absolute Gasteiger partial charge is 0.192 e. The molecule has 1 spiro atoms. The molecule has 1 aliphatic heterocycles. The fourth-order valence-corrected chi connectivity index (χ4v) is 4.71. The first-order valence-electron chi connectivity index (χ1n) is 8.39. The van der Waals surface area contributed by atoms with E-state index >= 15 is 0 Å². The fourth-order valence-electron chi connectivity index (χ4n) is 4.45. The third-order valence-corrected chi connectivity index (χ3v) is 6.13. The van der Waals surface area contributed by atoms with E-state index in [0.717, 1.165) is 12.0 Å². The van der Waals surface area contributed by atoms with Gasteiger partial charge in [-0.3, -0.25) is 0 Å². The molecule has 2 nitrogen and oxygen atoms in total. The van der Waals surface area contributed by atoms with Crippen LogP contribution in [0.5, 0.6) is 5.75 Å². The minimum absolute atomic E-state index is 0.202. The van der Waals surface area contributed by atoms with Gasteiger partial charge in [-0.05, 0) is 62.3 Å². The van der Waals surface area contributed by atoms with E-state index in [1.54, 1.807) is 6.07 Å². The van der Waals surface area contributed by atoms with Gasteiger partial charge < -0.3 is 7.97 Å².